The molecule has 0 aromatic carbocycles. The standard InChI is InChI=1S/C12H17ClN2/c1-9-4-6-15(10(9)2)12-8-14-5-3-11(12)7-13/h3,5,8-10H,4,6-7H2,1-2H3. The second-order valence-corrected chi connectivity index (χ2v) is 4.61. The molecule has 2 heterocycles. The number of pyridine rings is 1. The fraction of sp³-hybridized carbons (Fsp3) is 0.583. The zero-order chi connectivity index (χ0) is 10.8. The summed E-state index contributed by atoms with van der Waals surface area (Å²) >= 11 is 5.94. The molecule has 0 radical (unpaired) electrons. The maximum Gasteiger partial charge on any atom is 0.0600 e. The molecule has 2 atom stereocenters. The zero-order valence-corrected chi connectivity index (χ0v) is 10.0. The molecule has 0 amide bonds. The highest BCUT2D eigenvalue weighted by Gasteiger charge is 2.28. The van der Waals surface area contributed by atoms with E-state index in [1.165, 1.54) is 17.7 Å². The molecule has 1 aromatic rings. The average Bonchev–Trinajstić information content (AvgIpc) is 2.60. The molecular weight excluding hydrogens is 208 g/mol. The van der Waals surface area contributed by atoms with Crippen molar-refractivity contribution in [1.82, 2.24) is 4.98 Å². The van der Waals surface area contributed by atoms with Gasteiger partial charge < -0.3 is 4.90 Å². The van der Waals surface area contributed by atoms with Crippen molar-refractivity contribution >= 4 is 17.3 Å². The van der Waals surface area contributed by atoms with E-state index in [-0.39, 0.29) is 0 Å². The smallest absolute Gasteiger partial charge is 0.0600 e. The third-order valence-corrected chi connectivity index (χ3v) is 3.77. The van der Waals surface area contributed by atoms with Crippen molar-refractivity contribution in [3.05, 3.63) is 24.0 Å². The third kappa shape index (κ3) is 1.96. The molecule has 0 bridgehead atoms. The van der Waals surface area contributed by atoms with E-state index in [0.717, 1.165) is 12.5 Å². The number of anilines is 1. The van der Waals surface area contributed by atoms with Crippen LogP contribution >= 0.6 is 11.6 Å². The van der Waals surface area contributed by atoms with Crippen molar-refractivity contribution in [3.63, 3.8) is 0 Å². The normalized spacial score (nSPS) is 25.9. The van der Waals surface area contributed by atoms with E-state index in [0.29, 0.717) is 11.9 Å². The van der Waals surface area contributed by atoms with Crippen LogP contribution in [0.2, 0.25) is 0 Å². The van der Waals surface area contributed by atoms with Gasteiger partial charge in [0.2, 0.25) is 0 Å². The molecule has 1 saturated heterocycles. The molecule has 0 N–H and O–H groups in total. The minimum Gasteiger partial charge on any atom is -0.367 e. The van der Waals surface area contributed by atoms with Gasteiger partial charge in [0, 0.05) is 24.7 Å². The van der Waals surface area contributed by atoms with E-state index in [1.807, 2.05) is 18.5 Å². The second kappa shape index (κ2) is 4.40. The van der Waals surface area contributed by atoms with Crippen LogP contribution in [0.25, 0.3) is 0 Å². The van der Waals surface area contributed by atoms with Gasteiger partial charge in [-0.1, -0.05) is 6.92 Å². The molecule has 2 rings (SSSR count). The largest absolute Gasteiger partial charge is 0.367 e. The molecule has 1 aliphatic rings. The molecule has 2 unspecified atom stereocenters. The summed E-state index contributed by atoms with van der Waals surface area (Å²) in [5.74, 6) is 1.32. The fourth-order valence-corrected chi connectivity index (χ4v) is 2.45. The lowest BCUT2D eigenvalue weighted by Crippen LogP contribution is -2.29. The van der Waals surface area contributed by atoms with Crippen molar-refractivity contribution in [2.24, 2.45) is 5.92 Å². The number of alkyl halides is 1. The second-order valence-electron chi connectivity index (χ2n) is 4.34. The van der Waals surface area contributed by atoms with Gasteiger partial charge in [0.05, 0.1) is 11.9 Å². The van der Waals surface area contributed by atoms with Crippen LogP contribution in [0.5, 0.6) is 0 Å². The Hall–Kier alpha value is -0.760. The third-order valence-electron chi connectivity index (χ3n) is 3.48. The summed E-state index contributed by atoms with van der Waals surface area (Å²) in [5.41, 5.74) is 2.40. The van der Waals surface area contributed by atoms with Crippen LogP contribution in [0, 0.1) is 5.92 Å². The van der Waals surface area contributed by atoms with Gasteiger partial charge in [-0.25, -0.2) is 0 Å². The number of halogens is 1. The summed E-state index contributed by atoms with van der Waals surface area (Å²) in [6.07, 6.45) is 5.01. The Balaban J connectivity index is 2.29. The molecular formula is C12H17ClN2. The van der Waals surface area contributed by atoms with Gasteiger partial charge in [0.15, 0.2) is 0 Å². The Labute approximate surface area is 96.3 Å². The van der Waals surface area contributed by atoms with Gasteiger partial charge in [-0.3, -0.25) is 4.98 Å². The van der Waals surface area contributed by atoms with Crippen LogP contribution in [0.4, 0.5) is 5.69 Å². The molecule has 82 valence electrons. The van der Waals surface area contributed by atoms with Crippen LogP contribution < -0.4 is 4.90 Å². The predicted molar refractivity (Wildman–Crippen MR) is 64.4 cm³/mol. The number of nitrogens with zero attached hydrogens (tertiary/aromatic N) is 2. The van der Waals surface area contributed by atoms with Crippen LogP contribution in [0.3, 0.4) is 0 Å². The molecule has 15 heavy (non-hydrogen) atoms. The summed E-state index contributed by atoms with van der Waals surface area (Å²) in [5, 5.41) is 0. The van der Waals surface area contributed by atoms with Gasteiger partial charge in [-0.2, -0.15) is 0 Å². The van der Waals surface area contributed by atoms with Crippen molar-refractivity contribution in [2.45, 2.75) is 32.2 Å². The summed E-state index contributed by atoms with van der Waals surface area (Å²) in [4.78, 5) is 6.62. The lowest BCUT2D eigenvalue weighted by atomic mass is 10.0. The summed E-state index contributed by atoms with van der Waals surface area (Å²) in [6, 6.07) is 2.61. The van der Waals surface area contributed by atoms with Crippen LogP contribution in [0.1, 0.15) is 25.8 Å². The maximum absolute atomic E-state index is 5.94. The summed E-state index contributed by atoms with van der Waals surface area (Å²) < 4.78 is 0. The average molecular weight is 225 g/mol. The fourth-order valence-electron chi connectivity index (χ4n) is 2.22. The highest BCUT2D eigenvalue weighted by molar-refractivity contribution is 6.17. The summed E-state index contributed by atoms with van der Waals surface area (Å²) in [6.45, 7) is 5.71. The minimum atomic E-state index is 0.565. The predicted octanol–water partition coefficient (Wildman–Crippen LogP) is 3.06. The highest BCUT2D eigenvalue weighted by atomic mass is 35.5. The number of aromatic nitrogens is 1. The monoisotopic (exact) mass is 224 g/mol. The number of hydrogen-bond donors (Lipinski definition) is 0. The molecule has 2 nitrogen and oxygen atoms in total. The Morgan fingerprint density at radius 2 is 2.33 bits per heavy atom. The van der Waals surface area contributed by atoms with Gasteiger partial charge in [-0.05, 0) is 30.9 Å². The van der Waals surface area contributed by atoms with Crippen LogP contribution in [-0.2, 0) is 5.88 Å². The van der Waals surface area contributed by atoms with Crippen molar-refractivity contribution in [3.8, 4) is 0 Å². The molecule has 1 aromatic heterocycles. The van der Waals surface area contributed by atoms with E-state index in [4.69, 9.17) is 11.6 Å². The van der Waals surface area contributed by atoms with Gasteiger partial charge in [0.25, 0.3) is 0 Å². The zero-order valence-electron chi connectivity index (χ0n) is 9.28. The van der Waals surface area contributed by atoms with E-state index in [2.05, 4.69) is 23.7 Å². The Bertz CT molecular complexity index is 340. The summed E-state index contributed by atoms with van der Waals surface area (Å²) in [7, 11) is 0. The first kappa shape index (κ1) is 10.7. The quantitative estimate of drug-likeness (QED) is 0.718. The topological polar surface area (TPSA) is 16.1 Å². The van der Waals surface area contributed by atoms with Crippen molar-refractivity contribution < 1.29 is 0 Å². The maximum atomic E-state index is 5.94. The first-order valence-corrected chi connectivity index (χ1v) is 6.03. The van der Waals surface area contributed by atoms with Gasteiger partial charge in [0.1, 0.15) is 0 Å². The van der Waals surface area contributed by atoms with Crippen molar-refractivity contribution in [1.29, 1.82) is 0 Å². The SMILES string of the molecule is CC1CCN(c2cnccc2CCl)C1C. The van der Waals surface area contributed by atoms with Crippen LogP contribution in [0.15, 0.2) is 18.5 Å². The van der Waals surface area contributed by atoms with E-state index in [1.54, 1.807) is 0 Å². The van der Waals surface area contributed by atoms with Gasteiger partial charge >= 0.3 is 0 Å². The number of hydrogen-bond acceptors (Lipinski definition) is 2. The molecule has 0 saturated carbocycles. The van der Waals surface area contributed by atoms with Gasteiger partial charge in [-0.15, -0.1) is 11.6 Å². The Kier molecular flexibility index (Phi) is 3.15. The highest BCUT2D eigenvalue weighted by Crippen LogP contribution is 2.31. The lowest BCUT2D eigenvalue weighted by molar-refractivity contribution is 0.545. The lowest BCUT2D eigenvalue weighted by Gasteiger charge is -2.27. The molecule has 1 aliphatic heterocycles. The first-order chi connectivity index (χ1) is 7.24. The van der Waals surface area contributed by atoms with Crippen LogP contribution in [-0.4, -0.2) is 17.6 Å². The minimum absolute atomic E-state index is 0.565. The van der Waals surface area contributed by atoms with E-state index in [9.17, 15) is 0 Å². The van der Waals surface area contributed by atoms with E-state index < -0.39 is 0 Å². The van der Waals surface area contributed by atoms with Crippen molar-refractivity contribution in [2.75, 3.05) is 11.4 Å². The molecule has 1 fully saturated rings. The number of rotatable bonds is 2. The molecule has 0 aliphatic carbocycles. The Morgan fingerprint density at radius 1 is 1.53 bits per heavy atom. The first-order valence-electron chi connectivity index (χ1n) is 5.49. The molecule has 3 heteroatoms. The molecule has 0 spiro atoms. The Morgan fingerprint density at radius 3 is 2.93 bits per heavy atom. The van der Waals surface area contributed by atoms with E-state index >= 15 is 0 Å².